The zero-order chi connectivity index (χ0) is 14.0. The Hall–Kier alpha value is -1.40. The number of aryl methyl sites for hydroxylation is 1. The lowest BCUT2D eigenvalue weighted by atomic mass is 10.0. The van der Waals surface area contributed by atoms with Crippen LogP contribution in [-0.4, -0.2) is 12.0 Å². The zero-order valence-corrected chi connectivity index (χ0v) is 11.3. The first-order valence-electron chi connectivity index (χ1n) is 5.69. The molecule has 2 aromatic rings. The quantitative estimate of drug-likeness (QED) is 0.929. The standard InChI is InChI=1S/C13H13F3N2S/c1-8-7-19-12(18-8)11(17-2)9-5-3-4-6-10(9)13(14,15)16/h3-7,11,17H,1-2H3. The van der Waals surface area contributed by atoms with E-state index in [1.54, 1.807) is 13.1 Å². The van der Waals surface area contributed by atoms with Crippen LogP contribution >= 0.6 is 11.3 Å². The number of nitrogens with one attached hydrogen (secondary N) is 1. The van der Waals surface area contributed by atoms with Crippen LogP contribution in [-0.2, 0) is 6.18 Å². The normalized spacial score (nSPS) is 13.5. The Kier molecular flexibility index (Phi) is 3.91. The van der Waals surface area contributed by atoms with Crippen molar-refractivity contribution in [3.63, 3.8) is 0 Å². The molecule has 102 valence electrons. The lowest BCUT2D eigenvalue weighted by Crippen LogP contribution is -2.21. The molecule has 2 rings (SSSR count). The minimum absolute atomic E-state index is 0.201. The van der Waals surface area contributed by atoms with Gasteiger partial charge in [0.15, 0.2) is 0 Å². The molecule has 0 aliphatic rings. The summed E-state index contributed by atoms with van der Waals surface area (Å²) in [6, 6.07) is 5.04. The fraction of sp³-hybridized carbons (Fsp3) is 0.308. The molecule has 2 nitrogen and oxygen atoms in total. The fourth-order valence-corrected chi connectivity index (χ4v) is 2.85. The van der Waals surface area contributed by atoms with E-state index in [1.165, 1.54) is 23.5 Å². The van der Waals surface area contributed by atoms with Crippen LogP contribution in [0.1, 0.15) is 27.9 Å². The third-order valence-electron chi connectivity index (χ3n) is 2.75. The van der Waals surface area contributed by atoms with Gasteiger partial charge in [0.05, 0.1) is 11.6 Å². The highest BCUT2D eigenvalue weighted by Gasteiger charge is 2.35. The van der Waals surface area contributed by atoms with Crippen molar-refractivity contribution in [3.8, 4) is 0 Å². The number of hydrogen-bond donors (Lipinski definition) is 1. The van der Waals surface area contributed by atoms with Crippen molar-refractivity contribution < 1.29 is 13.2 Å². The number of nitrogens with zero attached hydrogens (tertiary/aromatic N) is 1. The van der Waals surface area contributed by atoms with Crippen molar-refractivity contribution in [1.82, 2.24) is 10.3 Å². The Morgan fingerprint density at radius 2 is 1.95 bits per heavy atom. The monoisotopic (exact) mass is 286 g/mol. The van der Waals surface area contributed by atoms with E-state index in [9.17, 15) is 13.2 Å². The van der Waals surface area contributed by atoms with Crippen LogP contribution in [0.15, 0.2) is 29.6 Å². The van der Waals surface area contributed by atoms with Crippen LogP contribution in [0.25, 0.3) is 0 Å². The highest BCUT2D eigenvalue weighted by atomic mass is 32.1. The third kappa shape index (κ3) is 2.96. The predicted octanol–water partition coefficient (Wildman–Crippen LogP) is 3.78. The maximum Gasteiger partial charge on any atom is 0.416 e. The van der Waals surface area contributed by atoms with Gasteiger partial charge in [-0.2, -0.15) is 13.2 Å². The van der Waals surface area contributed by atoms with E-state index in [1.807, 2.05) is 12.3 Å². The van der Waals surface area contributed by atoms with Gasteiger partial charge >= 0.3 is 6.18 Å². The van der Waals surface area contributed by atoms with Gasteiger partial charge in [-0.05, 0) is 25.6 Å². The first-order valence-corrected chi connectivity index (χ1v) is 6.57. The van der Waals surface area contributed by atoms with Crippen molar-refractivity contribution in [2.45, 2.75) is 19.1 Å². The van der Waals surface area contributed by atoms with E-state index < -0.39 is 17.8 Å². The van der Waals surface area contributed by atoms with Crippen molar-refractivity contribution in [2.75, 3.05) is 7.05 Å². The number of benzene rings is 1. The molecular formula is C13H13F3N2S. The Bertz CT molecular complexity index is 563. The fourth-order valence-electron chi connectivity index (χ4n) is 1.92. The number of rotatable bonds is 3. The summed E-state index contributed by atoms with van der Waals surface area (Å²) in [7, 11) is 1.63. The van der Waals surface area contributed by atoms with Gasteiger partial charge in [0.1, 0.15) is 5.01 Å². The van der Waals surface area contributed by atoms with Gasteiger partial charge in [-0.25, -0.2) is 4.98 Å². The molecule has 0 spiro atoms. The summed E-state index contributed by atoms with van der Waals surface area (Å²) >= 11 is 1.36. The number of hydrogen-bond acceptors (Lipinski definition) is 3. The molecule has 0 bridgehead atoms. The van der Waals surface area contributed by atoms with Gasteiger partial charge in [0.2, 0.25) is 0 Å². The van der Waals surface area contributed by atoms with E-state index in [0.717, 1.165) is 11.8 Å². The molecule has 0 amide bonds. The van der Waals surface area contributed by atoms with Crippen LogP contribution in [0.5, 0.6) is 0 Å². The van der Waals surface area contributed by atoms with Gasteiger partial charge in [0, 0.05) is 11.1 Å². The van der Waals surface area contributed by atoms with E-state index >= 15 is 0 Å². The van der Waals surface area contributed by atoms with Crippen molar-refractivity contribution in [1.29, 1.82) is 0 Å². The molecule has 0 fully saturated rings. The summed E-state index contributed by atoms with van der Waals surface area (Å²) in [5, 5.41) is 5.37. The third-order valence-corrected chi connectivity index (χ3v) is 3.78. The van der Waals surface area contributed by atoms with E-state index in [2.05, 4.69) is 10.3 Å². The average Bonchev–Trinajstić information content (AvgIpc) is 2.76. The van der Waals surface area contributed by atoms with Crippen molar-refractivity contribution in [3.05, 3.63) is 51.5 Å². The summed E-state index contributed by atoms with van der Waals surface area (Å²) in [6.07, 6.45) is -4.36. The van der Waals surface area contributed by atoms with Gasteiger partial charge < -0.3 is 5.32 Å². The second kappa shape index (κ2) is 5.30. The topological polar surface area (TPSA) is 24.9 Å². The SMILES string of the molecule is CNC(c1nc(C)cs1)c1ccccc1C(F)(F)F. The summed E-state index contributed by atoms with van der Waals surface area (Å²) in [5.41, 5.74) is 0.388. The molecule has 1 aromatic carbocycles. The van der Waals surface area contributed by atoms with Gasteiger partial charge in [-0.3, -0.25) is 0 Å². The highest BCUT2D eigenvalue weighted by molar-refractivity contribution is 7.09. The minimum Gasteiger partial charge on any atom is -0.307 e. The number of halogens is 3. The Morgan fingerprint density at radius 1 is 1.26 bits per heavy atom. The van der Waals surface area contributed by atoms with Gasteiger partial charge in [-0.15, -0.1) is 11.3 Å². The maximum absolute atomic E-state index is 13.0. The van der Waals surface area contributed by atoms with E-state index in [4.69, 9.17) is 0 Å². The van der Waals surface area contributed by atoms with Crippen molar-refractivity contribution >= 4 is 11.3 Å². The Labute approximate surface area is 113 Å². The molecule has 1 aromatic heterocycles. The van der Waals surface area contributed by atoms with Crippen molar-refractivity contribution in [2.24, 2.45) is 0 Å². The molecule has 0 saturated carbocycles. The maximum atomic E-state index is 13.0. The van der Waals surface area contributed by atoms with Crippen LogP contribution in [0.4, 0.5) is 13.2 Å². The Morgan fingerprint density at radius 3 is 2.47 bits per heavy atom. The predicted molar refractivity (Wildman–Crippen MR) is 69.2 cm³/mol. The second-order valence-corrected chi connectivity index (χ2v) is 5.02. The van der Waals surface area contributed by atoms with Crippen LogP contribution in [0, 0.1) is 6.92 Å². The first kappa shape index (κ1) is 14.0. The molecule has 0 aliphatic heterocycles. The first-order chi connectivity index (χ1) is 8.93. The van der Waals surface area contributed by atoms with E-state index in [-0.39, 0.29) is 5.56 Å². The summed E-state index contributed by atoms with van der Waals surface area (Å²) < 4.78 is 39.1. The lowest BCUT2D eigenvalue weighted by Gasteiger charge is -2.19. The molecule has 0 aliphatic carbocycles. The molecule has 0 radical (unpaired) electrons. The molecule has 0 saturated heterocycles. The van der Waals surface area contributed by atoms with E-state index in [0.29, 0.717) is 5.01 Å². The number of aromatic nitrogens is 1. The molecule has 1 unspecified atom stereocenters. The molecule has 1 heterocycles. The van der Waals surface area contributed by atoms with Gasteiger partial charge in [-0.1, -0.05) is 18.2 Å². The van der Waals surface area contributed by atoms with Crippen LogP contribution in [0.3, 0.4) is 0 Å². The molecule has 1 atom stereocenters. The molecular weight excluding hydrogens is 273 g/mol. The number of thiazole rings is 1. The van der Waals surface area contributed by atoms with Gasteiger partial charge in [0.25, 0.3) is 0 Å². The summed E-state index contributed by atoms with van der Waals surface area (Å²) in [4.78, 5) is 4.27. The zero-order valence-electron chi connectivity index (χ0n) is 10.5. The smallest absolute Gasteiger partial charge is 0.307 e. The van der Waals surface area contributed by atoms with Crippen LogP contribution < -0.4 is 5.32 Å². The molecule has 19 heavy (non-hydrogen) atoms. The average molecular weight is 286 g/mol. The summed E-state index contributed by atoms with van der Waals surface area (Å²) in [6.45, 7) is 1.82. The minimum atomic E-state index is -4.36. The molecule has 6 heteroatoms. The molecule has 1 N–H and O–H groups in total. The number of alkyl halides is 3. The second-order valence-electron chi connectivity index (χ2n) is 4.13. The lowest BCUT2D eigenvalue weighted by molar-refractivity contribution is -0.138. The largest absolute Gasteiger partial charge is 0.416 e. The highest BCUT2D eigenvalue weighted by Crippen LogP contribution is 2.36. The Balaban J connectivity index is 2.50. The summed E-state index contributed by atoms with van der Waals surface area (Å²) in [5.74, 6) is 0. The van der Waals surface area contributed by atoms with Crippen LogP contribution in [0.2, 0.25) is 0 Å².